The number of nitrogens with zero attached hydrogens (tertiary/aromatic N) is 2. The first-order chi connectivity index (χ1) is 45.0. The van der Waals surface area contributed by atoms with E-state index in [1.165, 1.54) is 13.0 Å². The van der Waals surface area contributed by atoms with Crippen molar-refractivity contribution in [2.75, 3.05) is 43.9 Å². The number of aliphatic hydroxyl groups is 3. The number of amides is 11. The van der Waals surface area contributed by atoms with Crippen LogP contribution in [0.3, 0.4) is 0 Å². The number of primary amides is 1. The van der Waals surface area contributed by atoms with Crippen molar-refractivity contribution in [3.05, 3.63) is 65.7 Å². The number of benzene rings is 2. The smallest absolute Gasteiger partial charge is 0.253 e. The summed E-state index contributed by atoms with van der Waals surface area (Å²) < 4.78 is 21.4. The lowest BCUT2D eigenvalue weighted by Gasteiger charge is -2.32. The molecule has 1 aromatic heterocycles. The highest BCUT2D eigenvalue weighted by Gasteiger charge is 2.45. The molecule has 13 atom stereocenters. The lowest BCUT2D eigenvalue weighted by atomic mass is 9.85. The minimum absolute atomic E-state index is 0.0553. The number of anilines is 1. The van der Waals surface area contributed by atoms with E-state index in [0.29, 0.717) is 23.1 Å². The van der Waals surface area contributed by atoms with E-state index in [9.17, 15) is 82.4 Å². The number of nitrogens with one attached hydrogen (secondary N) is 8. The molecule has 11 amide bonds. The van der Waals surface area contributed by atoms with Crippen molar-refractivity contribution in [3.8, 4) is 5.75 Å². The maximum absolute atomic E-state index is 15.2. The second-order valence-corrected chi connectivity index (χ2v) is 26.4. The highest BCUT2D eigenvalue weighted by molar-refractivity contribution is 7.85. The zero-order chi connectivity index (χ0) is 69.7. The number of Topliss-reactive ketones (excluding diaryl/α,β-unsaturated/α-hetero) is 3. The van der Waals surface area contributed by atoms with Crippen LogP contribution in [0.2, 0.25) is 0 Å². The maximum Gasteiger partial charge on any atom is 0.253 e. The molecule has 0 saturated carbocycles. The van der Waals surface area contributed by atoms with Crippen LogP contribution in [0.15, 0.2) is 59.6 Å². The van der Waals surface area contributed by atoms with Gasteiger partial charge in [0, 0.05) is 98.7 Å². The third-order valence-electron chi connectivity index (χ3n) is 17.5. The fraction of sp³-hybridized carbons (Fsp3) is 0.531. The number of ketones is 3. The van der Waals surface area contributed by atoms with E-state index < -0.39 is 229 Å². The summed E-state index contributed by atoms with van der Waals surface area (Å²) in [6.45, 7) is 6.59. The third kappa shape index (κ3) is 19.1. The Bertz CT molecular complexity index is 3520. The number of imide groups is 1. The number of hydrogen-bond donors (Lipinski definition) is 12. The minimum Gasteiger partial charge on any atom is -0.489 e. The summed E-state index contributed by atoms with van der Waals surface area (Å²) in [5, 5.41) is 50.2. The molecule has 2 aromatic carbocycles. The number of aromatic nitrogens is 1. The summed E-state index contributed by atoms with van der Waals surface area (Å²) in [7, 11) is -2.41. The number of rotatable bonds is 20. The Morgan fingerprint density at radius 3 is 2.12 bits per heavy atom. The molecule has 0 spiro atoms. The summed E-state index contributed by atoms with van der Waals surface area (Å²) in [4.78, 5) is 196. The molecule has 4 aliphatic rings. The van der Waals surface area contributed by atoms with E-state index in [1.807, 2.05) is 0 Å². The number of ether oxygens (including phenoxy) is 1. The average Bonchev–Trinajstić information content (AvgIpc) is 1.65. The molecule has 2 bridgehead atoms. The Morgan fingerprint density at radius 1 is 0.811 bits per heavy atom. The Kier molecular flexibility index (Phi) is 25.4. The molecule has 0 radical (unpaired) electrons. The van der Waals surface area contributed by atoms with Crippen LogP contribution in [-0.4, -0.2) is 198 Å². The molecule has 30 nitrogen and oxygen atoms in total. The number of carbonyl (C=O) groups excluding carboxylic acids is 14. The zero-order valence-corrected chi connectivity index (χ0v) is 54.4. The molecule has 31 heteroatoms. The number of aliphatic hydroxyl groups excluding tert-OH is 3. The van der Waals surface area contributed by atoms with Crippen molar-refractivity contribution in [1.82, 2.24) is 46.7 Å². The molecular weight excluding hydrogens is 1260 g/mol. The fourth-order valence-corrected chi connectivity index (χ4v) is 13.1. The Balaban J connectivity index is 1.19. The molecule has 4 aliphatic heterocycles. The number of H-pyrrole nitrogens is 1. The van der Waals surface area contributed by atoms with E-state index >= 15 is 4.21 Å². The predicted octanol–water partition coefficient (Wildman–Crippen LogP) is -1.88. The predicted molar refractivity (Wildman–Crippen MR) is 338 cm³/mol. The van der Waals surface area contributed by atoms with Crippen LogP contribution in [0.5, 0.6) is 5.75 Å². The molecular formula is C64H83N11O19S. The van der Waals surface area contributed by atoms with Gasteiger partial charge >= 0.3 is 0 Å². The fourth-order valence-electron chi connectivity index (χ4n) is 11.7. The third-order valence-corrected chi connectivity index (χ3v) is 18.9. The second kappa shape index (κ2) is 32.9. The van der Waals surface area contributed by atoms with Gasteiger partial charge in [0.15, 0.2) is 17.3 Å². The van der Waals surface area contributed by atoms with Crippen LogP contribution < -0.4 is 47.7 Å². The minimum atomic E-state index is -2.41. The number of nitrogens with two attached hydrogens (primary N) is 1. The standard InChI is InChI=1S/C64H83N11O19S/c1-7-32(4)57-62(91)67-25-52(84)69-44-30-95(93)63-42(19-36(60(89)66-26-53(85)72-57)20-48(80)58(34(6)49(81)28-76)73-61(90)45-23-39(77)27-75(45)64(92)37(21-46(44)78)22-50(65)82)41-13-12-40(24-43(41)70-63)94-29-35-8-10-38(11-9-35)68-59(88)33(5)18-47(79)56(31(2)3)71-51(83)16-17-74-54(86)14-15-55(74)87/h8-15,24,31-34,36-37,39,44-45,49,56-58,70,76-77,81H,7,16-23,25-30H2,1-6H3,(H2,65,82)(H,66,89)(H,67,91)(H,68,88)(H,69,84)(H,71,83)(H,72,85)(H,73,90)/t32-,33+,34-,36-,37-,39?,44?,45-,49-,56-,57-,58-,95+/m0/s1. The quantitative estimate of drug-likeness (QED) is 0.0551. The van der Waals surface area contributed by atoms with Gasteiger partial charge in [-0.15, -0.1) is 0 Å². The van der Waals surface area contributed by atoms with E-state index in [-0.39, 0.29) is 53.8 Å². The van der Waals surface area contributed by atoms with Gasteiger partial charge in [-0.3, -0.25) is 76.2 Å². The van der Waals surface area contributed by atoms with E-state index in [1.54, 1.807) is 71.0 Å². The highest BCUT2D eigenvalue weighted by Crippen LogP contribution is 2.34. The van der Waals surface area contributed by atoms with Gasteiger partial charge in [0.05, 0.1) is 78.0 Å². The van der Waals surface area contributed by atoms with Gasteiger partial charge in [-0.05, 0) is 53.6 Å². The van der Waals surface area contributed by atoms with Crippen molar-refractivity contribution in [2.45, 2.75) is 147 Å². The molecule has 2 unspecified atom stereocenters. The second-order valence-electron chi connectivity index (χ2n) is 25.0. The zero-order valence-electron chi connectivity index (χ0n) is 53.6. The Morgan fingerprint density at radius 2 is 1.47 bits per heavy atom. The highest BCUT2D eigenvalue weighted by atomic mass is 32.2. The monoisotopic (exact) mass is 1340 g/mol. The summed E-state index contributed by atoms with van der Waals surface area (Å²) in [5.74, 6) is -17.7. The van der Waals surface area contributed by atoms with Crippen LogP contribution in [0.25, 0.3) is 10.9 Å². The molecule has 3 aromatic rings. The SMILES string of the molecule is CC[C@H](C)[C@@H]1NC(=O)CNC(=O)[C@@H]2CC(=O)[C@H]([C@@H](C)[C@@H](O)CO)NC(=O)[C@@H]3CC(O)CN3C(=O)[C@H](CC(N)=O)CC(=O)C(C[S@@](=O)c3[nH]c4cc(OCc5ccc(NC(=O)[C@H](C)CC(=O)[C@@H](NC(=O)CCN6C(=O)C=CC6=O)C(C)C)cc5)ccc4c3C2)NC(=O)CNC1=O. The number of fused-ring (bicyclic) bond motifs is 5. The van der Waals surface area contributed by atoms with Gasteiger partial charge in [-0.2, -0.15) is 0 Å². The van der Waals surface area contributed by atoms with Gasteiger partial charge in [-0.25, -0.2) is 0 Å². The Labute approximate surface area is 549 Å². The van der Waals surface area contributed by atoms with Crippen LogP contribution in [0.1, 0.15) is 97.6 Å². The van der Waals surface area contributed by atoms with Crippen molar-refractivity contribution in [1.29, 1.82) is 0 Å². The van der Waals surface area contributed by atoms with E-state index in [0.717, 1.165) is 22.0 Å². The van der Waals surface area contributed by atoms with Crippen molar-refractivity contribution in [3.63, 3.8) is 0 Å². The molecule has 95 heavy (non-hydrogen) atoms. The van der Waals surface area contributed by atoms with Gasteiger partial charge in [-0.1, -0.05) is 60.1 Å². The van der Waals surface area contributed by atoms with Crippen LogP contribution in [0, 0.1) is 35.5 Å². The number of aromatic amines is 1. The lowest BCUT2D eigenvalue weighted by molar-refractivity contribution is -0.145. The van der Waals surface area contributed by atoms with Crippen molar-refractivity contribution in [2.24, 2.45) is 41.2 Å². The summed E-state index contributed by atoms with van der Waals surface area (Å²) in [6.07, 6.45) is -4.16. The van der Waals surface area contributed by atoms with E-state index in [2.05, 4.69) is 42.2 Å². The largest absolute Gasteiger partial charge is 0.489 e. The van der Waals surface area contributed by atoms with Gasteiger partial charge in [0.2, 0.25) is 53.2 Å². The first-order valence-electron chi connectivity index (χ1n) is 31.4. The molecule has 514 valence electrons. The maximum atomic E-state index is 15.2. The van der Waals surface area contributed by atoms with Crippen molar-refractivity contribution >= 4 is 110 Å². The van der Waals surface area contributed by atoms with Crippen LogP contribution in [-0.2, 0) is 91.0 Å². The van der Waals surface area contributed by atoms with Crippen molar-refractivity contribution < 1.29 is 91.4 Å². The average molecular weight is 1340 g/mol. The normalized spacial score (nSPS) is 24.5. The van der Waals surface area contributed by atoms with E-state index in [4.69, 9.17) is 10.5 Å². The molecule has 5 heterocycles. The lowest BCUT2D eigenvalue weighted by Crippen LogP contribution is -2.56. The Hall–Kier alpha value is -9.07. The molecule has 0 aliphatic carbocycles. The van der Waals surface area contributed by atoms with Gasteiger partial charge in [0.1, 0.15) is 29.5 Å². The molecule has 1 fully saturated rings. The summed E-state index contributed by atoms with van der Waals surface area (Å²) in [5.41, 5.74) is 6.99. The number of hydrogen-bond acceptors (Lipinski definition) is 19. The first kappa shape index (κ1) is 73.3. The van der Waals surface area contributed by atoms with Gasteiger partial charge < -0.3 is 72.9 Å². The first-order valence-corrected chi connectivity index (χ1v) is 32.8. The summed E-state index contributed by atoms with van der Waals surface area (Å²) >= 11 is 0. The molecule has 1 saturated heterocycles. The topological polar surface area (TPSA) is 458 Å². The van der Waals surface area contributed by atoms with Gasteiger partial charge in [0.25, 0.3) is 11.8 Å². The van der Waals surface area contributed by atoms with Crippen LogP contribution >= 0.6 is 0 Å². The summed E-state index contributed by atoms with van der Waals surface area (Å²) in [6, 6.07) is 3.96. The molecule has 13 N–H and O–H groups in total. The number of carbonyl (C=O) groups is 14. The molecule has 7 rings (SSSR count). The van der Waals surface area contributed by atoms with Crippen LogP contribution in [0.4, 0.5) is 5.69 Å².